The number of halogens is 1. The minimum absolute atomic E-state index is 0.197. The normalized spacial score (nSPS) is 19.4. The monoisotopic (exact) mass is 280 g/mol. The van der Waals surface area contributed by atoms with Crippen LogP contribution in [0.2, 0.25) is 0 Å². The van der Waals surface area contributed by atoms with Gasteiger partial charge in [-0.2, -0.15) is 0 Å². The molecule has 0 spiro atoms. The molecule has 0 saturated carbocycles. The van der Waals surface area contributed by atoms with E-state index in [2.05, 4.69) is 20.8 Å². The van der Waals surface area contributed by atoms with E-state index in [1.807, 2.05) is 4.90 Å². The smallest absolute Gasteiger partial charge is 0.338 e. The van der Waals surface area contributed by atoms with E-state index < -0.39 is 11.8 Å². The van der Waals surface area contributed by atoms with E-state index >= 15 is 0 Å². The second kappa shape index (κ2) is 4.96. The molecule has 1 fully saturated rings. The first-order valence-electron chi connectivity index (χ1n) is 6.77. The molecule has 1 unspecified atom stereocenters. The lowest BCUT2D eigenvalue weighted by Gasteiger charge is -2.28. The van der Waals surface area contributed by atoms with Crippen molar-refractivity contribution >= 4 is 17.3 Å². The summed E-state index contributed by atoms with van der Waals surface area (Å²) in [6, 6.07) is 2.45. The summed E-state index contributed by atoms with van der Waals surface area (Å²) in [7, 11) is 0. The van der Waals surface area contributed by atoms with Gasteiger partial charge < -0.3 is 15.7 Å². The molecule has 20 heavy (non-hydrogen) atoms. The molecule has 0 bridgehead atoms. The Hall–Kier alpha value is -1.78. The molecule has 4 nitrogen and oxygen atoms in total. The number of nitrogen functional groups attached to an aromatic ring is 1. The highest BCUT2D eigenvalue weighted by molar-refractivity contribution is 5.91. The molecule has 0 amide bonds. The van der Waals surface area contributed by atoms with Crippen LogP contribution >= 0.6 is 0 Å². The largest absolute Gasteiger partial charge is 0.478 e. The maximum absolute atomic E-state index is 13.8. The first-order chi connectivity index (χ1) is 9.20. The Morgan fingerprint density at radius 3 is 2.60 bits per heavy atom. The van der Waals surface area contributed by atoms with Crippen LogP contribution in [0.4, 0.5) is 15.8 Å². The molecule has 1 atom stereocenters. The predicted octanol–water partition coefficient (Wildman–Crippen LogP) is 2.98. The standard InChI is InChI=1S/C15H21FN2O2/c1-15(2,3)9-4-5-18(8-9)13-7-11(16)10(14(19)20)6-12(13)17/h6-7,9H,4-5,8,17H2,1-3H3,(H,19,20). The van der Waals surface area contributed by atoms with Gasteiger partial charge in [-0.15, -0.1) is 0 Å². The molecule has 1 saturated heterocycles. The molecule has 5 heteroatoms. The van der Waals surface area contributed by atoms with E-state index in [0.29, 0.717) is 17.3 Å². The van der Waals surface area contributed by atoms with Gasteiger partial charge in [-0.3, -0.25) is 0 Å². The van der Waals surface area contributed by atoms with Crippen LogP contribution in [0.1, 0.15) is 37.6 Å². The van der Waals surface area contributed by atoms with Crippen LogP contribution in [0, 0.1) is 17.2 Å². The van der Waals surface area contributed by atoms with Crippen LogP contribution in [-0.4, -0.2) is 24.2 Å². The number of hydrogen-bond donors (Lipinski definition) is 2. The van der Waals surface area contributed by atoms with Gasteiger partial charge in [-0.05, 0) is 23.8 Å². The van der Waals surface area contributed by atoms with Crippen molar-refractivity contribution in [2.75, 3.05) is 23.7 Å². The summed E-state index contributed by atoms with van der Waals surface area (Å²) in [5.74, 6) is -1.51. The second-order valence-electron chi connectivity index (χ2n) is 6.49. The molecule has 0 aromatic heterocycles. The molecule has 1 aliphatic heterocycles. The predicted molar refractivity (Wildman–Crippen MR) is 77.5 cm³/mol. The van der Waals surface area contributed by atoms with Crippen LogP contribution in [0.5, 0.6) is 0 Å². The number of carbonyl (C=O) groups is 1. The van der Waals surface area contributed by atoms with Crippen molar-refractivity contribution in [3.8, 4) is 0 Å². The Balaban J connectivity index is 2.27. The maximum atomic E-state index is 13.8. The summed E-state index contributed by atoms with van der Waals surface area (Å²) in [6.45, 7) is 8.22. The minimum atomic E-state index is -1.30. The SMILES string of the molecule is CC(C)(C)C1CCN(c2cc(F)c(C(=O)O)cc2N)C1. The van der Waals surface area contributed by atoms with Gasteiger partial charge in [0, 0.05) is 19.2 Å². The number of hydrogen-bond acceptors (Lipinski definition) is 3. The minimum Gasteiger partial charge on any atom is -0.478 e. The topological polar surface area (TPSA) is 66.6 Å². The molecule has 3 N–H and O–H groups in total. The fraction of sp³-hybridized carbons (Fsp3) is 0.533. The number of nitrogens with two attached hydrogens (primary N) is 1. The number of anilines is 2. The van der Waals surface area contributed by atoms with Gasteiger partial charge >= 0.3 is 5.97 Å². The highest BCUT2D eigenvalue weighted by Gasteiger charge is 2.32. The number of carboxylic acid groups (broad SMARTS) is 1. The third kappa shape index (κ3) is 2.71. The van der Waals surface area contributed by atoms with E-state index in [-0.39, 0.29) is 11.0 Å². The van der Waals surface area contributed by atoms with Crippen molar-refractivity contribution in [1.29, 1.82) is 0 Å². The quantitative estimate of drug-likeness (QED) is 0.817. The van der Waals surface area contributed by atoms with Gasteiger partial charge in [0.2, 0.25) is 0 Å². The van der Waals surface area contributed by atoms with Crippen LogP contribution in [0.15, 0.2) is 12.1 Å². The van der Waals surface area contributed by atoms with Crippen molar-refractivity contribution in [2.24, 2.45) is 11.3 Å². The van der Waals surface area contributed by atoms with Gasteiger partial charge in [0.15, 0.2) is 0 Å². The lowest BCUT2D eigenvalue weighted by atomic mass is 9.80. The second-order valence-corrected chi connectivity index (χ2v) is 6.49. The Bertz CT molecular complexity index is 537. The van der Waals surface area contributed by atoms with Gasteiger partial charge in [-0.1, -0.05) is 20.8 Å². The van der Waals surface area contributed by atoms with Gasteiger partial charge in [0.25, 0.3) is 0 Å². The Morgan fingerprint density at radius 2 is 2.10 bits per heavy atom. The van der Waals surface area contributed by atoms with E-state index in [1.54, 1.807) is 0 Å². The number of aromatic carboxylic acids is 1. The summed E-state index contributed by atoms with van der Waals surface area (Å²) in [5, 5.41) is 8.89. The average molecular weight is 280 g/mol. The molecular weight excluding hydrogens is 259 g/mol. The first kappa shape index (κ1) is 14.6. The number of nitrogens with zero attached hydrogens (tertiary/aromatic N) is 1. The van der Waals surface area contributed by atoms with E-state index in [9.17, 15) is 9.18 Å². The number of benzene rings is 1. The van der Waals surface area contributed by atoms with E-state index in [1.165, 1.54) is 12.1 Å². The third-order valence-corrected chi connectivity index (χ3v) is 4.10. The Kier molecular flexibility index (Phi) is 3.63. The Morgan fingerprint density at radius 1 is 1.45 bits per heavy atom. The molecular formula is C15H21FN2O2. The van der Waals surface area contributed by atoms with Crippen LogP contribution < -0.4 is 10.6 Å². The summed E-state index contributed by atoms with van der Waals surface area (Å²) < 4.78 is 13.8. The maximum Gasteiger partial charge on any atom is 0.338 e. The summed E-state index contributed by atoms with van der Waals surface area (Å²) in [6.07, 6.45) is 1.03. The molecule has 110 valence electrons. The summed E-state index contributed by atoms with van der Waals surface area (Å²) in [5.41, 5.74) is 6.63. The van der Waals surface area contributed by atoms with Crippen LogP contribution in [0.3, 0.4) is 0 Å². The van der Waals surface area contributed by atoms with Crippen LogP contribution in [0.25, 0.3) is 0 Å². The molecule has 0 aliphatic carbocycles. The van der Waals surface area contributed by atoms with Crippen molar-refractivity contribution in [3.63, 3.8) is 0 Å². The van der Waals surface area contributed by atoms with E-state index in [4.69, 9.17) is 10.8 Å². The first-order valence-corrected chi connectivity index (χ1v) is 6.77. The fourth-order valence-electron chi connectivity index (χ4n) is 2.70. The van der Waals surface area contributed by atoms with Gasteiger partial charge in [-0.25, -0.2) is 9.18 Å². The lowest BCUT2D eigenvalue weighted by molar-refractivity contribution is 0.0692. The molecule has 1 heterocycles. The molecule has 0 radical (unpaired) electrons. The number of rotatable bonds is 2. The average Bonchev–Trinajstić information content (AvgIpc) is 2.80. The zero-order chi connectivity index (χ0) is 15.1. The zero-order valence-corrected chi connectivity index (χ0v) is 12.1. The van der Waals surface area contributed by atoms with Crippen molar-refractivity contribution in [2.45, 2.75) is 27.2 Å². The van der Waals surface area contributed by atoms with Crippen molar-refractivity contribution in [3.05, 3.63) is 23.5 Å². The van der Waals surface area contributed by atoms with E-state index in [0.717, 1.165) is 19.5 Å². The molecule has 2 rings (SSSR count). The van der Waals surface area contributed by atoms with Gasteiger partial charge in [0.05, 0.1) is 16.9 Å². The fourth-order valence-corrected chi connectivity index (χ4v) is 2.70. The Labute approximate surface area is 118 Å². The van der Waals surface area contributed by atoms with Crippen molar-refractivity contribution < 1.29 is 14.3 Å². The number of carboxylic acids is 1. The lowest BCUT2D eigenvalue weighted by Crippen LogP contribution is -2.26. The molecule has 1 aliphatic rings. The van der Waals surface area contributed by atoms with Crippen molar-refractivity contribution in [1.82, 2.24) is 0 Å². The highest BCUT2D eigenvalue weighted by Crippen LogP contribution is 2.37. The van der Waals surface area contributed by atoms with Gasteiger partial charge in [0.1, 0.15) is 5.82 Å². The third-order valence-electron chi connectivity index (χ3n) is 4.10. The molecule has 1 aromatic rings. The highest BCUT2D eigenvalue weighted by atomic mass is 19.1. The zero-order valence-electron chi connectivity index (χ0n) is 12.1. The van der Waals surface area contributed by atoms with Crippen LogP contribution in [-0.2, 0) is 0 Å². The molecule has 1 aromatic carbocycles. The summed E-state index contributed by atoms with van der Waals surface area (Å²) in [4.78, 5) is 12.9. The summed E-state index contributed by atoms with van der Waals surface area (Å²) >= 11 is 0.